The van der Waals surface area contributed by atoms with E-state index in [0.29, 0.717) is 0 Å². The van der Waals surface area contributed by atoms with Crippen molar-refractivity contribution in [2.75, 3.05) is 33.4 Å². The van der Waals surface area contributed by atoms with Gasteiger partial charge in [-0.05, 0) is 6.07 Å². The van der Waals surface area contributed by atoms with Crippen LogP contribution >= 0.6 is 0 Å². The second kappa shape index (κ2) is 3.54. The summed E-state index contributed by atoms with van der Waals surface area (Å²) in [4.78, 5) is 0. The minimum absolute atomic E-state index is 0.810. The van der Waals surface area contributed by atoms with Crippen LogP contribution in [0.3, 0.4) is 0 Å². The van der Waals surface area contributed by atoms with Crippen LogP contribution in [0, 0.1) is 0 Å². The molecule has 2 heterocycles. The molecule has 5 heteroatoms. The van der Waals surface area contributed by atoms with Gasteiger partial charge < -0.3 is 4.74 Å². The number of aromatic nitrogens is 3. The Labute approximate surface area is 93.6 Å². The molecule has 16 heavy (non-hydrogen) atoms. The fourth-order valence-electron chi connectivity index (χ4n) is 2.28. The molecule has 84 valence electrons. The van der Waals surface area contributed by atoms with E-state index in [1.54, 1.807) is 0 Å². The summed E-state index contributed by atoms with van der Waals surface area (Å²) in [5, 5.41) is 11.0. The first-order valence-electron chi connectivity index (χ1n) is 5.52. The SMILES string of the molecule is C[N+]1(c2cccc3[nH]nnc23)CCOCC1. The standard InChI is InChI=1S/C11H15N4O/c1-15(5-7-16-8-6-15)10-4-2-3-9-11(10)13-14-12-9/h2-4H,5-8H2,1H3,(H,12,13,14)/q+1. The first-order valence-corrected chi connectivity index (χ1v) is 5.52. The van der Waals surface area contributed by atoms with Gasteiger partial charge in [0, 0.05) is 6.07 Å². The topological polar surface area (TPSA) is 50.8 Å². The molecule has 0 aliphatic carbocycles. The average Bonchev–Trinajstić information content (AvgIpc) is 2.77. The van der Waals surface area contributed by atoms with Crippen LogP contribution in [0.2, 0.25) is 0 Å². The minimum atomic E-state index is 0.810. The van der Waals surface area contributed by atoms with Crippen LogP contribution < -0.4 is 4.48 Å². The van der Waals surface area contributed by atoms with Crippen molar-refractivity contribution in [1.29, 1.82) is 0 Å². The molecule has 2 aromatic rings. The second-order valence-electron chi connectivity index (χ2n) is 4.44. The van der Waals surface area contributed by atoms with Crippen LogP contribution in [0.15, 0.2) is 18.2 Å². The highest BCUT2D eigenvalue weighted by molar-refractivity contribution is 5.86. The van der Waals surface area contributed by atoms with Gasteiger partial charge in [-0.2, -0.15) is 0 Å². The minimum Gasteiger partial charge on any atom is -0.370 e. The molecule has 0 atom stereocenters. The monoisotopic (exact) mass is 219 g/mol. The lowest BCUT2D eigenvalue weighted by Gasteiger charge is -2.36. The van der Waals surface area contributed by atoms with Gasteiger partial charge in [0.25, 0.3) is 0 Å². The van der Waals surface area contributed by atoms with Crippen LogP contribution in [0.4, 0.5) is 5.69 Å². The molecule has 0 spiro atoms. The Kier molecular flexibility index (Phi) is 2.15. The van der Waals surface area contributed by atoms with E-state index in [0.717, 1.165) is 41.8 Å². The Bertz CT molecular complexity index is 501. The van der Waals surface area contributed by atoms with Gasteiger partial charge in [-0.1, -0.05) is 11.3 Å². The first-order chi connectivity index (χ1) is 7.80. The lowest BCUT2D eigenvalue weighted by molar-refractivity contribution is 0.0531. The highest BCUT2D eigenvalue weighted by Gasteiger charge is 2.30. The van der Waals surface area contributed by atoms with Crippen molar-refractivity contribution in [3.05, 3.63) is 18.2 Å². The van der Waals surface area contributed by atoms with E-state index >= 15 is 0 Å². The van der Waals surface area contributed by atoms with E-state index in [1.807, 2.05) is 6.07 Å². The summed E-state index contributed by atoms with van der Waals surface area (Å²) >= 11 is 0. The molecule has 1 aromatic carbocycles. The summed E-state index contributed by atoms with van der Waals surface area (Å²) in [6, 6.07) is 6.19. The van der Waals surface area contributed by atoms with Crippen molar-refractivity contribution in [3.8, 4) is 0 Å². The Hall–Kier alpha value is -1.46. The molecule has 0 bridgehead atoms. The van der Waals surface area contributed by atoms with E-state index in [1.165, 1.54) is 5.69 Å². The fraction of sp³-hybridized carbons (Fsp3) is 0.455. The number of ether oxygens (including phenoxy) is 1. The maximum absolute atomic E-state index is 5.42. The molecule has 3 rings (SSSR count). The molecule has 0 radical (unpaired) electrons. The van der Waals surface area contributed by atoms with E-state index in [4.69, 9.17) is 4.74 Å². The molecular weight excluding hydrogens is 204 g/mol. The predicted octanol–water partition coefficient (Wildman–Crippen LogP) is 0.925. The van der Waals surface area contributed by atoms with Crippen LogP contribution in [-0.2, 0) is 4.74 Å². The van der Waals surface area contributed by atoms with Crippen LogP contribution in [0.25, 0.3) is 11.0 Å². The predicted molar refractivity (Wildman–Crippen MR) is 62.2 cm³/mol. The molecule has 1 aliphatic rings. The number of aromatic amines is 1. The van der Waals surface area contributed by atoms with Crippen molar-refractivity contribution < 1.29 is 4.74 Å². The summed E-state index contributed by atoms with van der Waals surface area (Å²) in [6.45, 7) is 3.60. The van der Waals surface area contributed by atoms with Gasteiger partial charge in [-0.3, -0.25) is 9.58 Å². The largest absolute Gasteiger partial charge is 0.370 e. The van der Waals surface area contributed by atoms with Crippen molar-refractivity contribution in [2.45, 2.75) is 0 Å². The molecule has 1 N–H and O–H groups in total. The van der Waals surface area contributed by atoms with Crippen LogP contribution in [0.5, 0.6) is 0 Å². The third-order valence-electron chi connectivity index (χ3n) is 3.38. The molecule has 1 fully saturated rings. The second-order valence-corrected chi connectivity index (χ2v) is 4.44. The lowest BCUT2D eigenvalue weighted by Crippen LogP contribution is -2.53. The smallest absolute Gasteiger partial charge is 0.173 e. The number of likely N-dealkylation sites (N-methyl/N-ethyl adjacent to an activating group) is 1. The van der Waals surface area contributed by atoms with Gasteiger partial charge in [0.2, 0.25) is 0 Å². The van der Waals surface area contributed by atoms with Gasteiger partial charge in [0.05, 0.1) is 25.8 Å². The number of morpholine rings is 1. The molecule has 1 aliphatic heterocycles. The number of hydrogen-bond donors (Lipinski definition) is 1. The molecule has 0 saturated carbocycles. The van der Waals surface area contributed by atoms with Crippen LogP contribution in [0.1, 0.15) is 0 Å². The van der Waals surface area contributed by atoms with Gasteiger partial charge in [0.1, 0.15) is 13.1 Å². The van der Waals surface area contributed by atoms with Crippen molar-refractivity contribution >= 4 is 16.7 Å². The number of H-pyrrole nitrogens is 1. The maximum atomic E-state index is 5.42. The number of fused-ring (bicyclic) bond motifs is 1. The summed E-state index contributed by atoms with van der Waals surface area (Å²) in [5.74, 6) is 0. The molecule has 0 unspecified atom stereocenters. The van der Waals surface area contributed by atoms with Crippen molar-refractivity contribution in [3.63, 3.8) is 0 Å². The lowest BCUT2D eigenvalue weighted by atomic mass is 10.2. The summed E-state index contributed by atoms with van der Waals surface area (Å²) in [6.07, 6.45) is 0. The number of hydrogen-bond acceptors (Lipinski definition) is 3. The zero-order valence-corrected chi connectivity index (χ0v) is 9.31. The van der Waals surface area contributed by atoms with E-state index in [2.05, 4.69) is 34.6 Å². The Morgan fingerprint density at radius 1 is 1.31 bits per heavy atom. The van der Waals surface area contributed by atoms with Crippen molar-refractivity contribution in [2.24, 2.45) is 0 Å². The van der Waals surface area contributed by atoms with E-state index < -0.39 is 0 Å². The molecule has 1 aromatic heterocycles. The van der Waals surface area contributed by atoms with Crippen molar-refractivity contribution in [1.82, 2.24) is 19.9 Å². The fourth-order valence-corrected chi connectivity index (χ4v) is 2.28. The van der Waals surface area contributed by atoms with Gasteiger partial charge in [0.15, 0.2) is 11.2 Å². The highest BCUT2D eigenvalue weighted by Crippen LogP contribution is 2.28. The van der Waals surface area contributed by atoms with E-state index in [-0.39, 0.29) is 0 Å². The number of nitrogens with one attached hydrogen (secondary N) is 1. The third kappa shape index (κ3) is 1.40. The number of benzene rings is 1. The maximum Gasteiger partial charge on any atom is 0.173 e. The quantitative estimate of drug-likeness (QED) is 0.726. The highest BCUT2D eigenvalue weighted by atomic mass is 16.5. The molecule has 0 amide bonds. The molecule has 1 saturated heterocycles. The number of rotatable bonds is 1. The zero-order chi connectivity index (χ0) is 11.0. The summed E-state index contributed by atoms with van der Waals surface area (Å²) in [7, 11) is 2.23. The van der Waals surface area contributed by atoms with Crippen LogP contribution in [-0.4, -0.2) is 48.8 Å². The average molecular weight is 219 g/mol. The zero-order valence-electron chi connectivity index (χ0n) is 9.31. The Morgan fingerprint density at radius 2 is 2.12 bits per heavy atom. The Morgan fingerprint density at radius 3 is 2.94 bits per heavy atom. The van der Waals surface area contributed by atoms with E-state index in [9.17, 15) is 0 Å². The Balaban J connectivity index is 2.13. The summed E-state index contributed by atoms with van der Waals surface area (Å²) in [5.41, 5.74) is 3.21. The normalized spacial score (nSPS) is 20.1. The molecular formula is C11H15N4O+. The summed E-state index contributed by atoms with van der Waals surface area (Å²) < 4.78 is 6.30. The number of nitrogens with zero attached hydrogens (tertiary/aromatic N) is 3. The van der Waals surface area contributed by atoms with Gasteiger partial charge in [-0.25, -0.2) is 0 Å². The molecule has 5 nitrogen and oxygen atoms in total. The third-order valence-corrected chi connectivity index (χ3v) is 3.38. The number of quaternary nitrogens is 1. The van der Waals surface area contributed by atoms with Gasteiger partial charge in [-0.15, -0.1) is 5.10 Å². The first kappa shape index (κ1) is 9.74. The van der Waals surface area contributed by atoms with Gasteiger partial charge >= 0.3 is 0 Å².